The third-order valence-corrected chi connectivity index (χ3v) is 1.52. The van der Waals surface area contributed by atoms with Crippen LogP contribution in [0.15, 0.2) is 13.2 Å². The molecule has 1 aliphatic rings. The van der Waals surface area contributed by atoms with E-state index >= 15 is 0 Å². The Bertz CT molecular complexity index is 110. The van der Waals surface area contributed by atoms with Gasteiger partial charge in [-0.05, 0) is 20.3 Å². The van der Waals surface area contributed by atoms with Crippen LogP contribution < -0.4 is 0 Å². The molecule has 1 saturated heterocycles. The Balaban J connectivity index is 0.000000461. The highest BCUT2D eigenvalue weighted by molar-refractivity contribution is 4.68. The third kappa shape index (κ3) is 3.54. The minimum absolute atomic E-state index is 0.319. The summed E-state index contributed by atoms with van der Waals surface area (Å²) in [5.74, 6) is -0.333. The second-order valence-corrected chi connectivity index (χ2v) is 2.86. The molecule has 2 heteroatoms. The molecule has 1 fully saturated rings. The van der Waals surface area contributed by atoms with E-state index < -0.39 is 0 Å². The molecule has 1 heterocycles. The molecule has 1 rings (SSSR count). The van der Waals surface area contributed by atoms with Crippen molar-refractivity contribution < 1.29 is 9.47 Å². The van der Waals surface area contributed by atoms with Gasteiger partial charge in [-0.1, -0.05) is 6.92 Å². The molecule has 66 valence electrons. The van der Waals surface area contributed by atoms with Crippen molar-refractivity contribution in [3.8, 4) is 0 Å². The summed E-state index contributed by atoms with van der Waals surface area (Å²) in [5, 5.41) is 0. The van der Waals surface area contributed by atoms with Gasteiger partial charge in [0.25, 0.3) is 0 Å². The Morgan fingerprint density at radius 2 is 2.00 bits per heavy atom. The number of hydrogen-bond acceptors (Lipinski definition) is 2. The van der Waals surface area contributed by atoms with Crippen molar-refractivity contribution in [1.82, 2.24) is 0 Å². The standard InChI is InChI=1S/C7H14O2.C2H4/c1-4-6-5-8-7(2,3)9-6;1-2/h6H,4-5H2,1-3H3;1-2H2. The average molecular weight is 158 g/mol. The molecule has 0 aromatic rings. The first-order valence-corrected chi connectivity index (χ1v) is 3.96. The molecule has 0 spiro atoms. The second kappa shape index (κ2) is 4.52. The van der Waals surface area contributed by atoms with Crippen LogP contribution in [0.1, 0.15) is 27.2 Å². The van der Waals surface area contributed by atoms with E-state index in [2.05, 4.69) is 20.1 Å². The number of rotatable bonds is 1. The fourth-order valence-electron chi connectivity index (χ4n) is 0.964. The Morgan fingerprint density at radius 1 is 1.45 bits per heavy atom. The molecule has 0 N–H and O–H groups in total. The van der Waals surface area contributed by atoms with Gasteiger partial charge in [0.1, 0.15) is 0 Å². The minimum Gasteiger partial charge on any atom is -0.348 e. The van der Waals surface area contributed by atoms with Crippen LogP contribution in [-0.2, 0) is 9.47 Å². The maximum absolute atomic E-state index is 5.48. The maximum atomic E-state index is 5.48. The van der Waals surface area contributed by atoms with E-state index in [0.717, 1.165) is 13.0 Å². The summed E-state index contributed by atoms with van der Waals surface area (Å²) in [5.41, 5.74) is 0. The summed E-state index contributed by atoms with van der Waals surface area (Å²) in [7, 11) is 0. The van der Waals surface area contributed by atoms with Crippen molar-refractivity contribution in [3.63, 3.8) is 0 Å². The summed E-state index contributed by atoms with van der Waals surface area (Å²) in [6.45, 7) is 12.8. The van der Waals surface area contributed by atoms with Crippen LogP contribution in [-0.4, -0.2) is 18.5 Å². The highest BCUT2D eigenvalue weighted by Crippen LogP contribution is 2.23. The lowest BCUT2D eigenvalue weighted by Crippen LogP contribution is -2.21. The number of ether oxygens (including phenoxy) is 2. The lowest BCUT2D eigenvalue weighted by molar-refractivity contribution is -0.138. The van der Waals surface area contributed by atoms with Crippen LogP contribution in [0.4, 0.5) is 0 Å². The van der Waals surface area contributed by atoms with E-state index in [9.17, 15) is 0 Å². The topological polar surface area (TPSA) is 18.5 Å². The fraction of sp³-hybridized carbons (Fsp3) is 0.778. The molecule has 1 unspecified atom stereocenters. The maximum Gasteiger partial charge on any atom is 0.163 e. The molecule has 0 saturated carbocycles. The van der Waals surface area contributed by atoms with E-state index in [-0.39, 0.29) is 5.79 Å². The molecule has 0 aromatic carbocycles. The van der Waals surface area contributed by atoms with Crippen LogP contribution in [0.5, 0.6) is 0 Å². The van der Waals surface area contributed by atoms with Crippen molar-refractivity contribution in [2.75, 3.05) is 6.61 Å². The predicted octanol–water partition coefficient (Wildman–Crippen LogP) is 2.35. The Kier molecular flexibility index (Phi) is 4.38. The van der Waals surface area contributed by atoms with Crippen molar-refractivity contribution in [2.24, 2.45) is 0 Å². The van der Waals surface area contributed by atoms with Crippen molar-refractivity contribution in [1.29, 1.82) is 0 Å². The van der Waals surface area contributed by atoms with Gasteiger partial charge >= 0.3 is 0 Å². The summed E-state index contributed by atoms with van der Waals surface area (Å²) in [4.78, 5) is 0. The average Bonchev–Trinajstić information content (AvgIpc) is 2.34. The van der Waals surface area contributed by atoms with Gasteiger partial charge in [-0.2, -0.15) is 0 Å². The highest BCUT2D eigenvalue weighted by atomic mass is 16.7. The number of hydrogen-bond donors (Lipinski definition) is 0. The zero-order chi connectivity index (χ0) is 8.91. The molecule has 0 aromatic heterocycles. The quantitative estimate of drug-likeness (QED) is 0.545. The van der Waals surface area contributed by atoms with Gasteiger partial charge in [0.15, 0.2) is 5.79 Å². The minimum atomic E-state index is -0.333. The van der Waals surface area contributed by atoms with Gasteiger partial charge < -0.3 is 9.47 Å². The first-order valence-electron chi connectivity index (χ1n) is 3.96. The van der Waals surface area contributed by atoms with Gasteiger partial charge in [-0.15, -0.1) is 13.2 Å². The van der Waals surface area contributed by atoms with Crippen LogP contribution in [0.25, 0.3) is 0 Å². The lowest BCUT2D eigenvalue weighted by Gasteiger charge is -2.16. The van der Waals surface area contributed by atoms with E-state index in [0.29, 0.717) is 6.10 Å². The first kappa shape index (κ1) is 10.7. The third-order valence-electron chi connectivity index (χ3n) is 1.52. The Labute approximate surface area is 69.2 Å². The van der Waals surface area contributed by atoms with Gasteiger partial charge in [0.05, 0.1) is 12.7 Å². The molecule has 0 radical (unpaired) electrons. The lowest BCUT2D eigenvalue weighted by atomic mass is 10.3. The van der Waals surface area contributed by atoms with Crippen LogP contribution in [0.2, 0.25) is 0 Å². The largest absolute Gasteiger partial charge is 0.348 e. The SMILES string of the molecule is C=C.CCC1COC(C)(C)O1. The molecular formula is C9H18O2. The van der Waals surface area contributed by atoms with Crippen molar-refractivity contribution in [3.05, 3.63) is 13.2 Å². The summed E-state index contributed by atoms with van der Waals surface area (Å²) < 4.78 is 10.8. The van der Waals surface area contributed by atoms with E-state index in [1.54, 1.807) is 0 Å². The first-order chi connectivity index (χ1) is 5.14. The molecule has 1 atom stereocenters. The second-order valence-electron chi connectivity index (χ2n) is 2.86. The predicted molar refractivity (Wildman–Crippen MR) is 46.4 cm³/mol. The molecule has 0 amide bonds. The smallest absolute Gasteiger partial charge is 0.163 e. The summed E-state index contributed by atoms with van der Waals surface area (Å²) in [6.07, 6.45) is 1.36. The van der Waals surface area contributed by atoms with Crippen LogP contribution >= 0.6 is 0 Å². The molecule has 2 nitrogen and oxygen atoms in total. The fourth-order valence-corrected chi connectivity index (χ4v) is 0.964. The van der Waals surface area contributed by atoms with E-state index in [1.165, 1.54) is 0 Å². The van der Waals surface area contributed by atoms with E-state index in [1.807, 2.05) is 13.8 Å². The van der Waals surface area contributed by atoms with Crippen molar-refractivity contribution in [2.45, 2.75) is 39.1 Å². The van der Waals surface area contributed by atoms with E-state index in [4.69, 9.17) is 9.47 Å². The zero-order valence-electron chi connectivity index (χ0n) is 7.72. The van der Waals surface area contributed by atoms with Crippen LogP contribution in [0.3, 0.4) is 0 Å². The highest BCUT2D eigenvalue weighted by Gasteiger charge is 2.31. The van der Waals surface area contributed by atoms with Gasteiger partial charge in [-0.25, -0.2) is 0 Å². The Hall–Kier alpha value is -0.340. The van der Waals surface area contributed by atoms with Gasteiger partial charge in [-0.3, -0.25) is 0 Å². The van der Waals surface area contributed by atoms with Crippen molar-refractivity contribution >= 4 is 0 Å². The monoisotopic (exact) mass is 158 g/mol. The molecule has 1 aliphatic heterocycles. The normalized spacial score (nSPS) is 27.4. The molecule has 11 heavy (non-hydrogen) atoms. The summed E-state index contributed by atoms with van der Waals surface area (Å²) in [6, 6.07) is 0. The van der Waals surface area contributed by atoms with Gasteiger partial charge in [0.2, 0.25) is 0 Å². The Morgan fingerprint density at radius 3 is 2.18 bits per heavy atom. The molecule has 0 aliphatic carbocycles. The van der Waals surface area contributed by atoms with Gasteiger partial charge in [0, 0.05) is 0 Å². The van der Waals surface area contributed by atoms with Crippen LogP contribution in [0, 0.1) is 0 Å². The summed E-state index contributed by atoms with van der Waals surface area (Å²) >= 11 is 0. The zero-order valence-corrected chi connectivity index (χ0v) is 7.72. The molecular weight excluding hydrogens is 140 g/mol. The molecule has 0 bridgehead atoms.